The second kappa shape index (κ2) is 6.37. The zero-order valence-electron chi connectivity index (χ0n) is 12.5. The molecule has 0 aliphatic carbocycles. The lowest BCUT2D eigenvalue weighted by atomic mass is 9.86. The number of benzene rings is 2. The van der Waals surface area contributed by atoms with Crippen LogP contribution < -0.4 is 15.2 Å². The molecule has 0 heterocycles. The summed E-state index contributed by atoms with van der Waals surface area (Å²) in [5, 5.41) is 0.709. The minimum atomic E-state index is -0.482. The Hall–Kier alpha value is -1.71. The van der Waals surface area contributed by atoms with Crippen LogP contribution in [-0.2, 0) is 12.0 Å². The van der Waals surface area contributed by atoms with Crippen LogP contribution >= 0.6 is 11.6 Å². The molecule has 0 amide bonds. The lowest BCUT2D eigenvalue weighted by Crippen LogP contribution is -2.35. The lowest BCUT2D eigenvalue weighted by Gasteiger charge is -2.26. The van der Waals surface area contributed by atoms with Crippen molar-refractivity contribution in [2.45, 2.75) is 18.9 Å². The van der Waals surface area contributed by atoms with E-state index < -0.39 is 5.54 Å². The number of halogens is 1. The van der Waals surface area contributed by atoms with Crippen molar-refractivity contribution in [3.05, 3.63) is 58.6 Å². The summed E-state index contributed by atoms with van der Waals surface area (Å²) in [7, 11) is 3.25. The topological polar surface area (TPSA) is 44.5 Å². The van der Waals surface area contributed by atoms with Crippen molar-refractivity contribution >= 4 is 11.6 Å². The van der Waals surface area contributed by atoms with Crippen LogP contribution in [0.3, 0.4) is 0 Å². The molecule has 4 heteroatoms. The molecule has 0 saturated heterocycles. The maximum absolute atomic E-state index is 6.47. The number of nitrogens with two attached hydrogens (primary N) is 1. The quantitative estimate of drug-likeness (QED) is 0.914. The van der Waals surface area contributed by atoms with Gasteiger partial charge in [0.05, 0.1) is 14.2 Å². The Morgan fingerprint density at radius 3 is 2.19 bits per heavy atom. The molecule has 0 bridgehead atoms. The van der Waals surface area contributed by atoms with Crippen LogP contribution in [0.5, 0.6) is 11.5 Å². The van der Waals surface area contributed by atoms with Crippen molar-refractivity contribution in [1.82, 2.24) is 0 Å². The summed E-state index contributed by atoms with van der Waals surface area (Å²) in [6.07, 6.45) is 0.689. The van der Waals surface area contributed by atoms with Crippen molar-refractivity contribution < 1.29 is 9.47 Å². The SMILES string of the molecule is COc1ccc(CC(C)(N)c2ccc(Cl)cc2)cc1OC. The van der Waals surface area contributed by atoms with Gasteiger partial charge in [0, 0.05) is 10.6 Å². The molecule has 0 saturated carbocycles. The highest BCUT2D eigenvalue weighted by atomic mass is 35.5. The van der Waals surface area contributed by atoms with E-state index in [4.69, 9.17) is 26.8 Å². The largest absolute Gasteiger partial charge is 0.493 e. The zero-order valence-corrected chi connectivity index (χ0v) is 13.3. The van der Waals surface area contributed by atoms with Gasteiger partial charge in [-0.15, -0.1) is 0 Å². The normalized spacial score (nSPS) is 13.6. The summed E-state index contributed by atoms with van der Waals surface area (Å²) in [5.41, 5.74) is 8.12. The fraction of sp³-hybridized carbons (Fsp3) is 0.294. The Kier molecular flexibility index (Phi) is 4.76. The second-order valence-electron chi connectivity index (χ2n) is 5.29. The number of hydrogen-bond donors (Lipinski definition) is 1. The van der Waals surface area contributed by atoms with E-state index in [0.717, 1.165) is 11.1 Å². The molecule has 2 aromatic carbocycles. The van der Waals surface area contributed by atoms with E-state index in [1.54, 1.807) is 14.2 Å². The fourth-order valence-electron chi connectivity index (χ4n) is 2.35. The molecule has 1 atom stereocenters. The molecule has 0 spiro atoms. The van der Waals surface area contributed by atoms with Crippen LogP contribution in [0.4, 0.5) is 0 Å². The molecule has 0 fully saturated rings. The number of ether oxygens (including phenoxy) is 2. The lowest BCUT2D eigenvalue weighted by molar-refractivity contribution is 0.354. The molecule has 2 aromatic rings. The molecule has 1 unspecified atom stereocenters. The van der Waals surface area contributed by atoms with E-state index in [1.165, 1.54) is 0 Å². The van der Waals surface area contributed by atoms with E-state index in [1.807, 2.05) is 49.4 Å². The molecular formula is C17H20ClNO2. The number of rotatable bonds is 5. The van der Waals surface area contributed by atoms with Gasteiger partial charge in [0.15, 0.2) is 11.5 Å². The zero-order chi connectivity index (χ0) is 15.5. The van der Waals surface area contributed by atoms with E-state index in [0.29, 0.717) is 22.9 Å². The molecular weight excluding hydrogens is 286 g/mol. The summed E-state index contributed by atoms with van der Waals surface area (Å²) in [5.74, 6) is 1.42. The third-order valence-corrected chi connectivity index (χ3v) is 3.77. The monoisotopic (exact) mass is 305 g/mol. The smallest absolute Gasteiger partial charge is 0.160 e. The van der Waals surface area contributed by atoms with E-state index >= 15 is 0 Å². The van der Waals surface area contributed by atoms with E-state index in [-0.39, 0.29) is 0 Å². The van der Waals surface area contributed by atoms with Gasteiger partial charge in [-0.1, -0.05) is 29.8 Å². The van der Waals surface area contributed by atoms with Gasteiger partial charge in [-0.05, 0) is 48.7 Å². The van der Waals surface area contributed by atoms with Crippen LogP contribution in [0.15, 0.2) is 42.5 Å². The van der Waals surface area contributed by atoms with Crippen LogP contribution in [0.2, 0.25) is 5.02 Å². The van der Waals surface area contributed by atoms with Gasteiger partial charge < -0.3 is 15.2 Å². The predicted molar refractivity (Wildman–Crippen MR) is 86.2 cm³/mol. The second-order valence-corrected chi connectivity index (χ2v) is 5.73. The molecule has 21 heavy (non-hydrogen) atoms. The summed E-state index contributed by atoms with van der Waals surface area (Å²) in [6, 6.07) is 13.5. The van der Waals surface area contributed by atoms with Gasteiger partial charge in [-0.2, -0.15) is 0 Å². The summed E-state index contributed by atoms with van der Waals surface area (Å²) >= 11 is 5.92. The van der Waals surface area contributed by atoms with Crippen LogP contribution in [0.25, 0.3) is 0 Å². The van der Waals surface area contributed by atoms with Crippen molar-refractivity contribution in [3.8, 4) is 11.5 Å². The molecule has 0 aromatic heterocycles. The minimum Gasteiger partial charge on any atom is -0.493 e. The Balaban J connectivity index is 2.25. The standard InChI is InChI=1S/C17H20ClNO2/c1-17(19,13-5-7-14(18)8-6-13)11-12-4-9-15(20-2)16(10-12)21-3/h4-10H,11,19H2,1-3H3. The maximum Gasteiger partial charge on any atom is 0.160 e. The first-order valence-corrected chi connectivity index (χ1v) is 7.10. The third-order valence-electron chi connectivity index (χ3n) is 3.52. The van der Waals surface area contributed by atoms with Gasteiger partial charge in [0.25, 0.3) is 0 Å². The fourth-order valence-corrected chi connectivity index (χ4v) is 2.47. The molecule has 3 nitrogen and oxygen atoms in total. The van der Waals surface area contributed by atoms with Gasteiger partial charge in [-0.25, -0.2) is 0 Å². The molecule has 0 aliphatic rings. The first kappa shape index (κ1) is 15.7. The average Bonchev–Trinajstić information content (AvgIpc) is 2.47. The summed E-state index contributed by atoms with van der Waals surface area (Å²) < 4.78 is 10.6. The Labute approximate surface area is 130 Å². The van der Waals surface area contributed by atoms with Crippen LogP contribution in [0, 0.1) is 0 Å². The molecule has 2 rings (SSSR count). The molecule has 112 valence electrons. The highest BCUT2D eigenvalue weighted by Crippen LogP contribution is 2.31. The molecule has 2 N–H and O–H groups in total. The molecule has 0 aliphatic heterocycles. The van der Waals surface area contributed by atoms with E-state index in [9.17, 15) is 0 Å². The number of methoxy groups -OCH3 is 2. The van der Waals surface area contributed by atoms with Gasteiger partial charge >= 0.3 is 0 Å². The third kappa shape index (κ3) is 3.69. The van der Waals surface area contributed by atoms with Crippen molar-refractivity contribution in [3.63, 3.8) is 0 Å². The average molecular weight is 306 g/mol. The van der Waals surface area contributed by atoms with Crippen molar-refractivity contribution in [2.75, 3.05) is 14.2 Å². The van der Waals surface area contributed by atoms with Crippen molar-refractivity contribution in [1.29, 1.82) is 0 Å². The predicted octanol–water partition coefficient (Wildman–Crippen LogP) is 3.77. The van der Waals surface area contributed by atoms with Gasteiger partial charge in [0.2, 0.25) is 0 Å². The first-order chi connectivity index (χ1) is 9.96. The Morgan fingerprint density at radius 1 is 1.00 bits per heavy atom. The first-order valence-electron chi connectivity index (χ1n) is 6.72. The van der Waals surface area contributed by atoms with Gasteiger partial charge in [-0.3, -0.25) is 0 Å². The minimum absolute atomic E-state index is 0.482. The number of hydrogen-bond acceptors (Lipinski definition) is 3. The van der Waals surface area contributed by atoms with Crippen molar-refractivity contribution in [2.24, 2.45) is 5.73 Å². The summed E-state index contributed by atoms with van der Waals surface area (Å²) in [4.78, 5) is 0. The highest BCUT2D eigenvalue weighted by Gasteiger charge is 2.22. The van der Waals surface area contributed by atoms with Crippen LogP contribution in [-0.4, -0.2) is 14.2 Å². The maximum atomic E-state index is 6.47. The van der Waals surface area contributed by atoms with Crippen LogP contribution in [0.1, 0.15) is 18.1 Å². The highest BCUT2D eigenvalue weighted by molar-refractivity contribution is 6.30. The summed E-state index contributed by atoms with van der Waals surface area (Å²) in [6.45, 7) is 2.01. The van der Waals surface area contributed by atoms with Gasteiger partial charge in [0.1, 0.15) is 0 Å². The Morgan fingerprint density at radius 2 is 1.62 bits per heavy atom. The molecule has 0 radical (unpaired) electrons. The van der Waals surface area contributed by atoms with E-state index in [2.05, 4.69) is 0 Å². The Bertz CT molecular complexity index is 609.